The van der Waals surface area contributed by atoms with Crippen molar-refractivity contribution < 1.29 is 8.42 Å². The van der Waals surface area contributed by atoms with Gasteiger partial charge in [-0.1, -0.05) is 48.2 Å². The van der Waals surface area contributed by atoms with Gasteiger partial charge in [0.2, 0.25) is 9.84 Å². The third-order valence-electron chi connectivity index (χ3n) is 3.90. The van der Waals surface area contributed by atoms with Crippen molar-refractivity contribution in [2.45, 2.75) is 18.2 Å². The number of rotatable bonds is 6. The van der Waals surface area contributed by atoms with E-state index in [1.54, 1.807) is 53.4 Å². The molecular formula is C22H16O2S4. The molecular weight excluding hydrogens is 425 g/mol. The molecule has 0 bridgehead atoms. The zero-order valence-corrected chi connectivity index (χ0v) is 18.0. The van der Waals surface area contributed by atoms with Crippen LogP contribution in [0.25, 0.3) is 12.2 Å². The third kappa shape index (κ3) is 4.47. The molecule has 2 aromatic heterocycles. The molecule has 0 amide bonds. The first-order chi connectivity index (χ1) is 13.6. The Labute approximate surface area is 177 Å². The highest BCUT2D eigenvalue weighted by molar-refractivity contribution is 8.01. The van der Waals surface area contributed by atoms with Crippen LogP contribution in [0.4, 0.5) is 0 Å². The van der Waals surface area contributed by atoms with Gasteiger partial charge in [0, 0.05) is 14.6 Å². The maximum atomic E-state index is 12.7. The molecule has 6 heteroatoms. The van der Waals surface area contributed by atoms with E-state index in [2.05, 4.69) is 24.3 Å². The first-order valence-electron chi connectivity index (χ1n) is 8.52. The van der Waals surface area contributed by atoms with E-state index in [0.29, 0.717) is 9.10 Å². The van der Waals surface area contributed by atoms with Gasteiger partial charge in [-0.2, -0.15) is 0 Å². The average molecular weight is 441 g/mol. The Hall–Kier alpha value is -2.12. The largest absolute Gasteiger partial charge is 0.218 e. The fraction of sp³-hybridized carbons (Fsp3) is 0. The summed E-state index contributed by atoms with van der Waals surface area (Å²) in [4.78, 5) is 3.60. The molecule has 0 aliphatic heterocycles. The fourth-order valence-electron chi connectivity index (χ4n) is 2.53. The van der Waals surface area contributed by atoms with Gasteiger partial charge >= 0.3 is 0 Å². The van der Waals surface area contributed by atoms with Gasteiger partial charge in [0.15, 0.2) is 0 Å². The summed E-state index contributed by atoms with van der Waals surface area (Å²) in [6.45, 7) is 0. The highest BCUT2D eigenvalue weighted by atomic mass is 32.2. The molecule has 0 aliphatic rings. The summed E-state index contributed by atoms with van der Waals surface area (Å²) in [5.74, 6) is 0. The van der Waals surface area contributed by atoms with E-state index in [1.165, 1.54) is 20.4 Å². The number of sulfone groups is 1. The smallest absolute Gasteiger partial charge is 0.215 e. The van der Waals surface area contributed by atoms with E-state index in [4.69, 9.17) is 0 Å². The normalized spacial score (nSPS) is 11.9. The number of hydrogen-bond acceptors (Lipinski definition) is 5. The van der Waals surface area contributed by atoms with Crippen molar-refractivity contribution in [2.24, 2.45) is 0 Å². The first kappa shape index (κ1) is 19.2. The number of hydrogen-bond donors (Lipinski definition) is 0. The van der Waals surface area contributed by atoms with Crippen LogP contribution in [-0.2, 0) is 9.84 Å². The molecule has 2 aromatic carbocycles. The molecule has 0 saturated heterocycles. The van der Waals surface area contributed by atoms with Crippen molar-refractivity contribution in [1.82, 2.24) is 0 Å². The average Bonchev–Trinajstić information content (AvgIpc) is 3.38. The topological polar surface area (TPSA) is 34.1 Å². The number of benzene rings is 2. The zero-order valence-electron chi connectivity index (χ0n) is 14.7. The highest BCUT2D eigenvalue weighted by Gasteiger charge is 2.19. The molecule has 0 fully saturated rings. The molecule has 0 N–H and O–H groups in total. The van der Waals surface area contributed by atoms with Crippen molar-refractivity contribution >= 4 is 56.4 Å². The van der Waals surface area contributed by atoms with Crippen LogP contribution in [0.1, 0.15) is 9.75 Å². The Morgan fingerprint density at radius 2 is 1.29 bits per heavy atom. The van der Waals surface area contributed by atoms with E-state index >= 15 is 0 Å². The van der Waals surface area contributed by atoms with Gasteiger partial charge in [-0.25, -0.2) is 8.42 Å². The predicted octanol–water partition coefficient (Wildman–Crippen LogP) is 6.96. The number of thiophene rings is 2. The van der Waals surface area contributed by atoms with Gasteiger partial charge in [0.25, 0.3) is 0 Å². The van der Waals surface area contributed by atoms with Crippen molar-refractivity contribution in [3.8, 4) is 0 Å². The lowest BCUT2D eigenvalue weighted by Gasteiger charge is -2.00. The van der Waals surface area contributed by atoms with E-state index in [9.17, 15) is 8.42 Å². The molecule has 4 rings (SSSR count). The van der Waals surface area contributed by atoms with Gasteiger partial charge in [-0.3, -0.25) is 0 Å². The van der Waals surface area contributed by atoms with Crippen LogP contribution in [0, 0.1) is 0 Å². The molecule has 0 radical (unpaired) electrons. The summed E-state index contributed by atoms with van der Waals surface area (Å²) in [6, 6.07) is 26.6. The summed E-state index contributed by atoms with van der Waals surface area (Å²) in [5.41, 5.74) is 0. The standard InChI is InChI=1S/C22H16O2S4/c23-28(24,20-9-5-2-6-10-20)22-16-14-19(27-22)12-11-18-13-15-21(26-18)25-17-7-3-1-4-8-17/h1-16H/b12-11+. The molecule has 2 nitrogen and oxygen atoms in total. The van der Waals surface area contributed by atoms with E-state index in [0.717, 1.165) is 9.75 Å². The summed E-state index contributed by atoms with van der Waals surface area (Å²) < 4.78 is 27.0. The monoisotopic (exact) mass is 440 g/mol. The van der Waals surface area contributed by atoms with Crippen LogP contribution < -0.4 is 0 Å². The Bertz CT molecular complexity index is 1190. The molecule has 0 spiro atoms. The van der Waals surface area contributed by atoms with Crippen molar-refractivity contribution in [3.05, 3.63) is 94.7 Å². The lowest BCUT2D eigenvalue weighted by molar-refractivity contribution is 0.598. The summed E-state index contributed by atoms with van der Waals surface area (Å²) in [6.07, 6.45) is 4.00. The zero-order chi connectivity index (χ0) is 19.4. The second-order valence-electron chi connectivity index (χ2n) is 5.88. The van der Waals surface area contributed by atoms with Crippen LogP contribution in [0.15, 0.2) is 103 Å². The Balaban J connectivity index is 1.48. The van der Waals surface area contributed by atoms with Gasteiger partial charge in [-0.05, 0) is 60.7 Å². The molecule has 0 unspecified atom stereocenters. The molecule has 0 aliphatic carbocycles. The van der Waals surface area contributed by atoms with Crippen LogP contribution in [0.5, 0.6) is 0 Å². The van der Waals surface area contributed by atoms with Crippen LogP contribution in [0.2, 0.25) is 0 Å². The lowest BCUT2D eigenvalue weighted by atomic mass is 10.4. The fourth-order valence-corrected chi connectivity index (χ4v) is 7.23. The summed E-state index contributed by atoms with van der Waals surface area (Å²) in [5, 5.41) is 0. The van der Waals surface area contributed by atoms with E-state index < -0.39 is 9.84 Å². The van der Waals surface area contributed by atoms with Gasteiger partial charge in [-0.15, -0.1) is 22.7 Å². The van der Waals surface area contributed by atoms with Gasteiger partial charge < -0.3 is 0 Å². The van der Waals surface area contributed by atoms with Gasteiger partial charge in [0.05, 0.1) is 9.10 Å². The maximum Gasteiger partial charge on any atom is 0.215 e. The maximum absolute atomic E-state index is 12.7. The second-order valence-corrected chi connectivity index (χ2v) is 11.7. The molecule has 4 aromatic rings. The minimum Gasteiger partial charge on any atom is -0.218 e. The summed E-state index contributed by atoms with van der Waals surface area (Å²) >= 11 is 4.75. The Kier molecular flexibility index (Phi) is 5.82. The van der Waals surface area contributed by atoms with Crippen molar-refractivity contribution in [2.75, 3.05) is 0 Å². The molecule has 0 saturated carbocycles. The van der Waals surface area contributed by atoms with Gasteiger partial charge in [0.1, 0.15) is 4.21 Å². The molecule has 140 valence electrons. The van der Waals surface area contributed by atoms with E-state index in [-0.39, 0.29) is 0 Å². The Morgan fingerprint density at radius 3 is 2.00 bits per heavy atom. The minimum absolute atomic E-state index is 0.327. The summed E-state index contributed by atoms with van der Waals surface area (Å²) in [7, 11) is -3.45. The molecule has 2 heterocycles. The third-order valence-corrected chi connectivity index (χ3v) is 9.40. The minimum atomic E-state index is -3.45. The SMILES string of the molecule is O=S(=O)(c1ccccc1)c1ccc(/C=C/c2ccc(Sc3ccccc3)s2)s1. The highest BCUT2D eigenvalue weighted by Crippen LogP contribution is 2.34. The first-order valence-corrected chi connectivity index (χ1v) is 12.5. The van der Waals surface area contributed by atoms with Crippen LogP contribution >= 0.6 is 34.4 Å². The predicted molar refractivity (Wildman–Crippen MR) is 120 cm³/mol. The van der Waals surface area contributed by atoms with Crippen molar-refractivity contribution in [3.63, 3.8) is 0 Å². The quantitative estimate of drug-likeness (QED) is 0.325. The second kappa shape index (κ2) is 8.49. The van der Waals surface area contributed by atoms with Crippen LogP contribution in [0.3, 0.4) is 0 Å². The van der Waals surface area contributed by atoms with Crippen molar-refractivity contribution in [1.29, 1.82) is 0 Å². The van der Waals surface area contributed by atoms with E-state index in [1.807, 2.05) is 42.5 Å². The lowest BCUT2D eigenvalue weighted by Crippen LogP contribution is -1.98. The Morgan fingerprint density at radius 1 is 0.679 bits per heavy atom. The van der Waals surface area contributed by atoms with Crippen LogP contribution in [-0.4, -0.2) is 8.42 Å². The molecule has 28 heavy (non-hydrogen) atoms. The molecule has 0 atom stereocenters.